The number of rotatable bonds is 0. The van der Waals surface area contributed by atoms with E-state index in [0.29, 0.717) is 5.15 Å². The van der Waals surface area contributed by atoms with Gasteiger partial charge in [-0.3, -0.25) is 0 Å². The Bertz CT molecular complexity index is 1050. The van der Waals surface area contributed by atoms with Crippen molar-refractivity contribution in [3.8, 4) is 12.3 Å². The normalized spacial score (nSPS) is 10.2. The van der Waals surface area contributed by atoms with Crippen LogP contribution in [0.25, 0.3) is 21.5 Å². The maximum atomic E-state index is 5.95. The molecule has 2 nitrogen and oxygen atoms in total. The molecule has 0 spiro atoms. The Labute approximate surface area is 152 Å². The van der Waals surface area contributed by atoms with Gasteiger partial charge < -0.3 is 0 Å². The molecule has 0 bridgehead atoms. The fourth-order valence-corrected chi connectivity index (χ4v) is 3.19. The second kappa shape index (κ2) is 7.34. The van der Waals surface area contributed by atoms with Crippen LogP contribution in [0.2, 0.25) is 5.15 Å². The van der Waals surface area contributed by atoms with Gasteiger partial charge in [-0.1, -0.05) is 48.0 Å². The predicted octanol–water partition coefficient (Wildman–Crippen LogP) is 5.72. The first-order valence-electron chi connectivity index (χ1n) is 7.92. The lowest BCUT2D eigenvalue weighted by Crippen LogP contribution is -1.86. The second-order valence-corrected chi connectivity index (χ2v) is 6.11. The third-order valence-corrected chi connectivity index (χ3v) is 4.38. The molecule has 0 atom stereocenters. The molecular formula is C22H17ClN2. The van der Waals surface area contributed by atoms with E-state index in [4.69, 9.17) is 18.0 Å². The lowest BCUT2D eigenvalue weighted by Gasteiger charge is -2.02. The largest absolute Gasteiger partial charge is 0.247 e. The highest BCUT2D eigenvalue weighted by Gasteiger charge is 2.01. The Morgan fingerprint density at radius 3 is 1.96 bits per heavy atom. The minimum Gasteiger partial charge on any atom is -0.247 e. The summed E-state index contributed by atoms with van der Waals surface area (Å²) in [5, 5.41) is 5.04. The number of nitrogens with zero attached hydrogens (tertiary/aromatic N) is 2. The van der Waals surface area contributed by atoms with Crippen LogP contribution >= 0.6 is 11.6 Å². The van der Waals surface area contributed by atoms with Gasteiger partial charge in [0.15, 0.2) is 0 Å². The predicted molar refractivity (Wildman–Crippen MR) is 106 cm³/mol. The lowest BCUT2D eigenvalue weighted by molar-refractivity contribution is 1.31. The molecule has 0 N–H and O–H groups in total. The molecule has 2 aromatic heterocycles. The third kappa shape index (κ3) is 3.47. The Balaban J connectivity index is 0.000000146. The summed E-state index contributed by atoms with van der Waals surface area (Å²) in [6.45, 7) is 4.08. The van der Waals surface area contributed by atoms with Crippen molar-refractivity contribution in [2.45, 2.75) is 13.8 Å². The molecule has 0 radical (unpaired) electrons. The smallest absolute Gasteiger partial charge is 0.137 e. The molecule has 0 amide bonds. The molecule has 3 heteroatoms. The summed E-state index contributed by atoms with van der Waals surface area (Å²) < 4.78 is 0. The number of benzene rings is 2. The van der Waals surface area contributed by atoms with Gasteiger partial charge in [0.2, 0.25) is 0 Å². The molecule has 122 valence electrons. The molecule has 0 aliphatic rings. The van der Waals surface area contributed by atoms with E-state index in [1.807, 2.05) is 62.4 Å². The van der Waals surface area contributed by atoms with Crippen molar-refractivity contribution >= 4 is 33.1 Å². The fourth-order valence-electron chi connectivity index (χ4n) is 2.88. The Morgan fingerprint density at radius 1 is 0.800 bits per heavy atom. The summed E-state index contributed by atoms with van der Waals surface area (Å²) in [4.78, 5) is 8.18. The van der Waals surface area contributed by atoms with Gasteiger partial charge >= 0.3 is 0 Å². The molecule has 0 aliphatic heterocycles. The minimum absolute atomic E-state index is 0.589. The zero-order valence-corrected chi connectivity index (χ0v) is 14.9. The van der Waals surface area contributed by atoms with Crippen LogP contribution in [0.3, 0.4) is 0 Å². The van der Waals surface area contributed by atoms with E-state index in [-0.39, 0.29) is 0 Å². The summed E-state index contributed by atoms with van der Waals surface area (Å²) in [6, 6.07) is 16.2. The number of terminal acetylenes is 1. The highest BCUT2D eigenvalue weighted by atomic mass is 35.5. The molecular weight excluding hydrogens is 328 g/mol. The van der Waals surface area contributed by atoms with Crippen molar-refractivity contribution in [2.75, 3.05) is 0 Å². The number of fused-ring (bicyclic) bond motifs is 2. The monoisotopic (exact) mass is 344 g/mol. The van der Waals surface area contributed by atoms with E-state index >= 15 is 0 Å². The summed E-state index contributed by atoms with van der Waals surface area (Å²) >= 11 is 5.95. The van der Waals surface area contributed by atoms with Gasteiger partial charge in [-0.15, -0.1) is 6.42 Å². The molecule has 0 aliphatic carbocycles. The highest BCUT2D eigenvalue weighted by Crippen LogP contribution is 2.23. The quantitative estimate of drug-likeness (QED) is 0.301. The summed E-state index contributed by atoms with van der Waals surface area (Å²) in [6.07, 6.45) is 8.85. The first-order valence-corrected chi connectivity index (χ1v) is 8.30. The van der Waals surface area contributed by atoms with E-state index in [1.54, 1.807) is 12.4 Å². The zero-order chi connectivity index (χ0) is 17.8. The SMILES string of the molecule is C#Cc1nccc2cccc(C)c12.Cc1cccc2ccnc(Cl)c12. The fraction of sp³-hybridized carbons (Fsp3) is 0.0909. The Kier molecular flexibility index (Phi) is 4.97. The van der Waals surface area contributed by atoms with E-state index in [2.05, 4.69) is 15.9 Å². The number of halogens is 1. The van der Waals surface area contributed by atoms with Crippen molar-refractivity contribution in [1.82, 2.24) is 9.97 Å². The van der Waals surface area contributed by atoms with Gasteiger partial charge in [0.1, 0.15) is 10.8 Å². The molecule has 4 aromatic rings. The van der Waals surface area contributed by atoms with Gasteiger partial charge in [0.05, 0.1) is 0 Å². The maximum absolute atomic E-state index is 5.95. The molecule has 4 rings (SSSR count). The summed E-state index contributed by atoms with van der Waals surface area (Å²) in [5.41, 5.74) is 3.08. The third-order valence-electron chi connectivity index (χ3n) is 4.09. The maximum Gasteiger partial charge on any atom is 0.137 e. The average Bonchev–Trinajstić information content (AvgIpc) is 2.62. The molecule has 25 heavy (non-hydrogen) atoms. The second-order valence-electron chi connectivity index (χ2n) is 5.75. The van der Waals surface area contributed by atoms with Gasteiger partial charge in [0, 0.05) is 23.2 Å². The van der Waals surface area contributed by atoms with Gasteiger partial charge in [0.25, 0.3) is 0 Å². The summed E-state index contributed by atoms with van der Waals surface area (Å²) in [7, 11) is 0. The molecule has 0 saturated heterocycles. The van der Waals surface area contributed by atoms with Crippen molar-refractivity contribution in [1.29, 1.82) is 0 Å². The Morgan fingerprint density at radius 2 is 1.36 bits per heavy atom. The number of pyridine rings is 2. The first kappa shape index (κ1) is 17.0. The van der Waals surface area contributed by atoms with Crippen LogP contribution in [0.15, 0.2) is 60.9 Å². The van der Waals surface area contributed by atoms with Crippen molar-refractivity contribution in [3.63, 3.8) is 0 Å². The van der Waals surface area contributed by atoms with E-state index in [9.17, 15) is 0 Å². The van der Waals surface area contributed by atoms with Crippen molar-refractivity contribution in [3.05, 3.63) is 82.9 Å². The molecule has 2 heterocycles. The van der Waals surface area contributed by atoms with Crippen LogP contribution < -0.4 is 0 Å². The van der Waals surface area contributed by atoms with Crippen LogP contribution in [-0.4, -0.2) is 9.97 Å². The van der Waals surface area contributed by atoms with Crippen LogP contribution in [0.5, 0.6) is 0 Å². The van der Waals surface area contributed by atoms with Crippen molar-refractivity contribution in [2.24, 2.45) is 0 Å². The topological polar surface area (TPSA) is 25.8 Å². The van der Waals surface area contributed by atoms with Crippen LogP contribution in [0, 0.1) is 26.2 Å². The zero-order valence-electron chi connectivity index (χ0n) is 14.1. The van der Waals surface area contributed by atoms with Gasteiger partial charge in [-0.05, 0) is 53.8 Å². The van der Waals surface area contributed by atoms with E-state index in [0.717, 1.165) is 27.2 Å². The van der Waals surface area contributed by atoms with Crippen LogP contribution in [0.4, 0.5) is 0 Å². The van der Waals surface area contributed by atoms with E-state index in [1.165, 1.54) is 11.1 Å². The van der Waals surface area contributed by atoms with E-state index < -0.39 is 0 Å². The standard InChI is InChI=1S/C12H9N.C10H8ClN/c1-3-11-12-9(2)5-4-6-10(12)7-8-13-11;1-7-3-2-4-8-5-6-12-10(11)9(7)8/h1,4-8H,2H3;2-6H,1H3. The molecule has 2 aromatic carbocycles. The van der Waals surface area contributed by atoms with Crippen LogP contribution in [0.1, 0.15) is 16.8 Å². The number of hydrogen-bond acceptors (Lipinski definition) is 2. The molecule has 0 saturated carbocycles. The average molecular weight is 345 g/mol. The Hall–Kier alpha value is -2.89. The molecule has 0 unspecified atom stereocenters. The number of aryl methyl sites for hydroxylation is 2. The first-order chi connectivity index (χ1) is 12.1. The minimum atomic E-state index is 0.589. The highest BCUT2D eigenvalue weighted by molar-refractivity contribution is 6.34. The number of aromatic nitrogens is 2. The van der Waals surface area contributed by atoms with Crippen LogP contribution in [-0.2, 0) is 0 Å². The number of hydrogen-bond donors (Lipinski definition) is 0. The lowest BCUT2D eigenvalue weighted by atomic mass is 10.1. The van der Waals surface area contributed by atoms with Gasteiger partial charge in [-0.25, -0.2) is 9.97 Å². The summed E-state index contributed by atoms with van der Waals surface area (Å²) in [5.74, 6) is 2.60. The van der Waals surface area contributed by atoms with Crippen molar-refractivity contribution < 1.29 is 0 Å². The van der Waals surface area contributed by atoms with Gasteiger partial charge in [-0.2, -0.15) is 0 Å². The molecule has 0 fully saturated rings.